The van der Waals surface area contributed by atoms with Gasteiger partial charge in [0.1, 0.15) is 0 Å². The molecule has 20 heavy (non-hydrogen) atoms. The van der Waals surface area contributed by atoms with Gasteiger partial charge in [-0.15, -0.1) is 0 Å². The van der Waals surface area contributed by atoms with Crippen molar-refractivity contribution in [3.63, 3.8) is 0 Å². The first-order valence-electron chi connectivity index (χ1n) is 7.18. The van der Waals surface area contributed by atoms with Gasteiger partial charge in [-0.2, -0.15) is 0 Å². The lowest BCUT2D eigenvalue weighted by Crippen LogP contribution is -2.45. The summed E-state index contributed by atoms with van der Waals surface area (Å²) >= 11 is 0. The molecule has 0 bridgehead atoms. The van der Waals surface area contributed by atoms with Gasteiger partial charge in [-0.25, -0.2) is 8.93 Å². The van der Waals surface area contributed by atoms with Gasteiger partial charge in [0.15, 0.2) is 0 Å². The molecule has 0 aromatic heterocycles. The van der Waals surface area contributed by atoms with Crippen LogP contribution < -0.4 is 4.72 Å². The van der Waals surface area contributed by atoms with Crippen molar-refractivity contribution < 1.29 is 8.95 Å². The Balaban J connectivity index is 2.51. The number of hydrogen-bond acceptors (Lipinski definition) is 2. The molecule has 0 aliphatic heterocycles. The second kappa shape index (κ2) is 7.91. The van der Waals surface area contributed by atoms with E-state index < -0.39 is 11.0 Å². The van der Waals surface area contributed by atoms with E-state index in [1.165, 1.54) is 0 Å². The van der Waals surface area contributed by atoms with E-state index >= 15 is 0 Å². The lowest BCUT2D eigenvalue weighted by Gasteiger charge is -2.27. The van der Waals surface area contributed by atoms with Gasteiger partial charge in [-0.1, -0.05) is 37.3 Å². The molecule has 114 valence electrons. The zero-order valence-corrected chi connectivity index (χ0v) is 14.0. The average molecular weight is 297 g/mol. The summed E-state index contributed by atoms with van der Waals surface area (Å²) in [6.07, 6.45) is 0.907. The Morgan fingerprint density at radius 2 is 1.85 bits per heavy atom. The molecule has 0 aliphatic rings. The first-order chi connectivity index (χ1) is 9.34. The van der Waals surface area contributed by atoms with Gasteiger partial charge in [-0.05, 0) is 39.7 Å². The van der Waals surface area contributed by atoms with E-state index in [1.54, 1.807) is 0 Å². The van der Waals surface area contributed by atoms with Gasteiger partial charge in [0.05, 0.1) is 28.4 Å². The Hall–Kier alpha value is -0.710. The SMILES string of the molecule is CC[C@H](NS(=O)C(C)(C)C)[C@H](C)OCc1ccccc1. The maximum absolute atomic E-state index is 12.2. The van der Waals surface area contributed by atoms with Gasteiger partial charge in [-0.3, -0.25) is 0 Å². The fourth-order valence-electron chi connectivity index (χ4n) is 1.74. The molecule has 0 aliphatic carbocycles. The van der Waals surface area contributed by atoms with Crippen molar-refractivity contribution in [2.45, 2.75) is 64.5 Å². The molecule has 4 heteroatoms. The molecule has 1 rings (SSSR count). The molecule has 1 aromatic carbocycles. The average Bonchev–Trinajstić information content (AvgIpc) is 2.41. The fraction of sp³-hybridized carbons (Fsp3) is 0.625. The normalized spacial score (nSPS) is 16.6. The van der Waals surface area contributed by atoms with Gasteiger partial charge in [0.25, 0.3) is 0 Å². The topological polar surface area (TPSA) is 38.3 Å². The van der Waals surface area contributed by atoms with Gasteiger partial charge >= 0.3 is 0 Å². The molecule has 0 saturated carbocycles. The maximum Gasteiger partial charge on any atom is 0.0973 e. The fourth-order valence-corrected chi connectivity index (χ4v) is 2.73. The number of benzene rings is 1. The summed E-state index contributed by atoms with van der Waals surface area (Å²) in [4.78, 5) is 0. The molecule has 1 unspecified atom stereocenters. The Morgan fingerprint density at radius 3 is 2.35 bits per heavy atom. The van der Waals surface area contributed by atoms with Crippen molar-refractivity contribution >= 4 is 11.0 Å². The van der Waals surface area contributed by atoms with Crippen LogP contribution in [0.3, 0.4) is 0 Å². The minimum Gasteiger partial charge on any atom is -0.372 e. The second-order valence-electron chi connectivity index (χ2n) is 6.02. The summed E-state index contributed by atoms with van der Waals surface area (Å²) in [5, 5.41) is 0. The van der Waals surface area contributed by atoms with Crippen molar-refractivity contribution in [3.05, 3.63) is 35.9 Å². The molecule has 0 saturated heterocycles. The smallest absolute Gasteiger partial charge is 0.0973 e. The van der Waals surface area contributed by atoms with Crippen LogP contribution in [-0.2, 0) is 22.3 Å². The van der Waals surface area contributed by atoms with Crippen LogP contribution in [0.25, 0.3) is 0 Å². The molecule has 0 spiro atoms. The van der Waals surface area contributed by atoms with Crippen LogP contribution in [0.4, 0.5) is 0 Å². The van der Waals surface area contributed by atoms with E-state index in [2.05, 4.69) is 23.8 Å². The molecule has 0 amide bonds. The number of ether oxygens (including phenoxy) is 1. The molecule has 3 atom stereocenters. The summed E-state index contributed by atoms with van der Waals surface area (Å²) < 4.78 is 21.0. The van der Waals surface area contributed by atoms with E-state index in [0.29, 0.717) is 6.61 Å². The highest BCUT2D eigenvalue weighted by Crippen LogP contribution is 2.13. The zero-order valence-electron chi connectivity index (χ0n) is 13.2. The molecule has 3 nitrogen and oxygen atoms in total. The van der Waals surface area contributed by atoms with Crippen LogP contribution in [0.2, 0.25) is 0 Å². The molecular weight excluding hydrogens is 270 g/mol. The predicted molar refractivity (Wildman–Crippen MR) is 85.8 cm³/mol. The summed E-state index contributed by atoms with van der Waals surface area (Å²) in [6.45, 7) is 10.6. The second-order valence-corrected chi connectivity index (χ2v) is 8.01. The minimum atomic E-state index is -1.07. The Labute approximate surface area is 125 Å². The third-order valence-electron chi connectivity index (χ3n) is 3.18. The largest absolute Gasteiger partial charge is 0.372 e. The van der Waals surface area contributed by atoms with Crippen LogP contribution in [0.1, 0.15) is 46.6 Å². The number of rotatable bonds is 7. The quantitative estimate of drug-likeness (QED) is 0.837. The third kappa shape index (κ3) is 5.73. The van der Waals surface area contributed by atoms with Gasteiger partial charge < -0.3 is 4.74 Å². The van der Waals surface area contributed by atoms with Crippen molar-refractivity contribution in [2.24, 2.45) is 0 Å². The van der Waals surface area contributed by atoms with E-state index in [4.69, 9.17) is 4.74 Å². The lowest BCUT2D eigenvalue weighted by molar-refractivity contribution is 0.0317. The van der Waals surface area contributed by atoms with Crippen molar-refractivity contribution in [1.82, 2.24) is 4.72 Å². The Kier molecular flexibility index (Phi) is 6.86. The predicted octanol–water partition coefficient (Wildman–Crippen LogP) is 3.42. The molecule has 0 radical (unpaired) electrons. The highest BCUT2D eigenvalue weighted by molar-refractivity contribution is 7.84. The first-order valence-corrected chi connectivity index (χ1v) is 8.33. The van der Waals surface area contributed by atoms with Crippen molar-refractivity contribution in [1.29, 1.82) is 0 Å². The van der Waals surface area contributed by atoms with E-state index in [-0.39, 0.29) is 16.9 Å². The van der Waals surface area contributed by atoms with Crippen LogP contribution in [0.5, 0.6) is 0 Å². The van der Waals surface area contributed by atoms with E-state index in [0.717, 1.165) is 12.0 Å². The lowest BCUT2D eigenvalue weighted by atomic mass is 10.1. The first kappa shape index (κ1) is 17.3. The monoisotopic (exact) mass is 297 g/mol. The van der Waals surface area contributed by atoms with Crippen molar-refractivity contribution in [2.75, 3.05) is 0 Å². The van der Waals surface area contributed by atoms with Crippen LogP contribution in [-0.4, -0.2) is 21.1 Å². The maximum atomic E-state index is 12.2. The van der Waals surface area contributed by atoms with Crippen LogP contribution >= 0.6 is 0 Å². The Morgan fingerprint density at radius 1 is 1.25 bits per heavy atom. The van der Waals surface area contributed by atoms with Crippen molar-refractivity contribution in [3.8, 4) is 0 Å². The van der Waals surface area contributed by atoms with E-state index in [1.807, 2.05) is 45.9 Å². The summed E-state index contributed by atoms with van der Waals surface area (Å²) in [5.41, 5.74) is 1.16. The van der Waals surface area contributed by atoms with Crippen LogP contribution in [0, 0.1) is 0 Å². The van der Waals surface area contributed by atoms with E-state index in [9.17, 15) is 4.21 Å². The molecular formula is C16H27NO2S. The van der Waals surface area contributed by atoms with Crippen LogP contribution in [0.15, 0.2) is 30.3 Å². The Bertz CT molecular complexity index is 414. The molecule has 0 heterocycles. The highest BCUT2D eigenvalue weighted by atomic mass is 32.2. The number of hydrogen-bond donors (Lipinski definition) is 1. The van der Waals surface area contributed by atoms with Gasteiger partial charge in [0.2, 0.25) is 0 Å². The number of nitrogens with one attached hydrogen (secondary N) is 1. The minimum absolute atomic E-state index is 0.0199. The standard InChI is InChI=1S/C16H27NO2S/c1-6-15(17-20(18)16(3,4)5)13(2)19-12-14-10-8-7-9-11-14/h7-11,13,15,17H,6,12H2,1-5H3/t13-,15-,20?/m0/s1. The molecule has 1 N–H and O–H groups in total. The third-order valence-corrected chi connectivity index (χ3v) is 4.81. The molecule has 1 aromatic rings. The summed E-state index contributed by atoms with van der Waals surface area (Å²) in [5.74, 6) is 0. The summed E-state index contributed by atoms with van der Waals surface area (Å²) in [6, 6.07) is 10.2. The van der Waals surface area contributed by atoms with Gasteiger partial charge in [0, 0.05) is 6.04 Å². The highest BCUT2D eigenvalue weighted by Gasteiger charge is 2.25. The molecule has 0 fully saturated rings. The zero-order chi connectivity index (χ0) is 15.2. The summed E-state index contributed by atoms with van der Waals surface area (Å²) in [7, 11) is -1.07.